The maximum atomic E-state index is 13.1. The Labute approximate surface area is 174 Å². The van der Waals surface area contributed by atoms with E-state index in [1.165, 1.54) is 16.9 Å². The van der Waals surface area contributed by atoms with Gasteiger partial charge in [0.05, 0.1) is 6.04 Å². The minimum atomic E-state index is -0.299. The van der Waals surface area contributed by atoms with Crippen molar-refractivity contribution < 1.29 is 9.59 Å². The van der Waals surface area contributed by atoms with Gasteiger partial charge in [-0.25, -0.2) is 0 Å². The largest absolute Gasteiger partial charge is 0.344 e. The standard InChI is InChI=1S/C24H22N2O2S/c27-23(18-9-2-1-3-10-18)26-22(16-19-12-7-15-29-19)24(28)25-21-14-6-11-17-8-4-5-13-20(17)21/h1-5,7-10,12-13,15-16,21H,6,11,14H2,(H,25,28)(H,26,27)/b22-16-. The van der Waals surface area contributed by atoms with Gasteiger partial charge < -0.3 is 10.6 Å². The number of aryl methyl sites for hydroxylation is 1. The molecule has 0 bridgehead atoms. The molecule has 1 unspecified atom stereocenters. The van der Waals surface area contributed by atoms with Gasteiger partial charge in [-0.2, -0.15) is 0 Å². The summed E-state index contributed by atoms with van der Waals surface area (Å²) in [4.78, 5) is 26.7. The van der Waals surface area contributed by atoms with E-state index in [1.54, 1.807) is 30.3 Å². The Morgan fingerprint density at radius 1 is 0.966 bits per heavy atom. The number of nitrogens with one attached hydrogen (secondary N) is 2. The maximum Gasteiger partial charge on any atom is 0.268 e. The molecule has 4 rings (SSSR count). The van der Waals surface area contributed by atoms with Gasteiger partial charge in [0.25, 0.3) is 11.8 Å². The number of rotatable bonds is 5. The third-order valence-corrected chi connectivity index (χ3v) is 5.85. The highest BCUT2D eigenvalue weighted by Crippen LogP contribution is 2.29. The lowest BCUT2D eigenvalue weighted by Gasteiger charge is -2.26. The Balaban J connectivity index is 1.57. The smallest absolute Gasteiger partial charge is 0.268 e. The molecule has 2 aromatic carbocycles. The van der Waals surface area contributed by atoms with Crippen LogP contribution in [0.2, 0.25) is 0 Å². The molecular formula is C24H22N2O2S. The number of amides is 2. The normalized spacial score (nSPS) is 16.0. The third kappa shape index (κ3) is 4.63. The summed E-state index contributed by atoms with van der Waals surface area (Å²) >= 11 is 1.52. The first-order chi connectivity index (χ1) is 14.2. The van der Waals surface area contributed by atoms with Crippen LogP contribution in [0.5, 0.6) is 0 Å². The van der Waals surface area contributed by atoms with Crippen molar-refractivity contribution >= 4 is 29.2 Å². The van der Waals surface area contributed by atoms with Gasteiger partial charge in [0, 0.05) is 10.4 Å². The topological polar surface area (TPSA) is 58.2 Å². The fourth-order valence-electron chi connectivity index (χ4n) is 3.60. The number of thiophene rings is 1. The summed E-state index contributed by atoms with van der Waals surface area (Å²) in [6.45, 7) is 0. The van der Waals surface area contributed by atoms with Crippen LogP contribution in [-0.2, 0) is 11.2 Å². The second-order valence-electron chi connectivity index (χ2n) is 7.01. The molecule has 1 aliphatic rings. The van der Waals surface area contributed by atoms with Crippen molar-refractivity contribution in [3.63, 3.8) is 0 Å². The van der Waals surface area contributed by atoms with Crippen LogP contribution in [0.1, 0.15) is 45.2 Å². The van der Waals surface area contributed by atoms with Gasteiger partial charge >= 0.3 is 0 Å². The van der Waals surface area contributed by atoms with Crippen LogP contribution in [0.25, 0.3) is 6.08 Å². The number of carbonyl (C=O) groups is 2. The average Bonchev–Trinajstić information content (AvgIpc) is 3.27. The summed E-state index contributed by atoms with van der Waals surface area (Å²) < 4.78 is 0. The molecule has 4 nitrogen and oxygen atoms in total. The summed E-state index contributed by atoms with van der Waals surface area (Å²) in [5, 5.41) is 7.87. The van der Waals surface area contributed by atoms with Crippen LogP contribution in [0.3, 0.4) is 0 Å². The second kappa shape index (κ2) is 8.88. The predicted molar refractivity (Wildman–Crippen MR) is 116 cm³/mol. The van der Waals surface area contributed by atoms with Gasteiger partial charge in [-0.3, -0.25) is 9.59 Å². The molecule has 1 aliphatic carbocycles. The molecule has 1 heterocycles. The van der Waals surface area contributed by atoms with Crippen molar-refractivity contribution in [2.24, 2.45) is 0 Å². The fourth-order valence-corrected chi connectivity index (χ4v) is 4.26. The maximum absolute atomic E-state index is 13.1. The lowest BCUT2D eigenvalue weighted by Crippen LogP contribution is -2.37. The second-order valence-corrected chi connectivity index (χ2v) is 7.99. The molecule has 0 saturated heterocycles. The van der Waals surface area contributed by atoms with Gasteiger partial charge in [-0.15, -0.1) is 11.3 Å². The van der Waals surface area contributed by atoms with Crippen molar-refractivity contribution in [1.82, 2.24) is 10.6 Å². The van der Waals surface area contributed by atoms with E-state index in [0.717, 1.165) is 29.7 Å². The lowest BCUT2D eigenvalue weighted by atomic mass is 9.87. The van der Waals surface area contributed by atoms with E-state index in [-0.39, 0.29) is 23.6 Å². The van der Waals surface area contributed by atoms with Crippen LogP contribution < -0.4 is 10.6 Å². The van der Waals surface area contributed by atoms with E-state index in [0.29, 0.717) is 5.56 Å². The first-order valence-electron chi connectivity index (χ1n) is 9.71. The van der Waals surface area contributed by atoms with Crippen molar-refractivity contribution in [3.8, 4) is 0 Å². The zero-order valence-electron chi connectivity index (χ0n) is 15.9. The molecule has 2 N–H and O–H groups in total. The van der Waals surface area contributed by atoms with Gasteiger partial charge in [0.2, 0.25) is 0 Å². The molecule has 5 heteroatoms. The van der Waals surface area contributed by atoms with E-state index in [2.05, 4.69) is 22.8 Å². The highest BCUT2D eigenvalue weighted by molar-refractivity contribution is 7.10. The highest BCUT2D eigenvalue weighted by Gasteiger charge is 2.23. The summed E-state index contributed by atoms with van der Waals surface area (Å²) in [7, 11) is 0. The number of carbonyl (C=O) groups excluding carboxylic acids is 2. The van der Waals surface area contributed by atoms with E-state index in [9.17, 15) is 9.59 Å². The monoisotopic (exact) mass is 402 g/mol. The lowest BCUT2D eigenvalue weighted by molar-refractivity contribution is -0.118. The van der Waals surface area contributed by atoms with E-state index in [4.69, 9.17) is 0 Å². The summed E-state index contributed by atoms with van der Waals surface area (Å²) in [5.74, 6) is -0.572. The summed E-state index contributed by atoms with van der Waals surface area (Å²) in [6.07, 6.45) is 4.69. The molecule has 3 aromatic rings. The van der Waals surface area contributed by atoms with Crippen molar-refractivity contribution in [2.75, 3.05) is 0 Å². The van der Waals surface area contributed by atoms with Gasteiger partial charge in [0.1, 0.15) is 5.70 Å². The average molecular weight is 403 g/mol. The molecule has 0 radical (unpaired) electrons. The van der Waals surface area contributed by atoms with E-state index >= 15 is 0 Å². The van der Waals surface area contributed by atoms with Crippen molar-refractivity contribution in [1.29, 1.82) is 0 Å². The molecule has 1 aromatic heterocycles. The third-order valence-electron chi connectivity index (χ3n) is 5.03. The van der Waals surface area contributed by atoms with E-state index < -0.39 is 0 Å². The molecule has 29 heavy (non-hydrogen) atoms. The Morgan fingerprint density at radius 2 is 1.76 bits per heavy atom. The Hall–Kier alpha value is -3.18. The van der Waals surface area contributed by atoms with Crippen LogP contribution >= 0.6 is 11.3 Å². The molecule has 1 atom stereocenters. The number of benzene rings is 2. The predicted octanol–water partition coefficient (Wildman–Crippen LogP) is 4.71. The Morgan fingerprint density at radius 3 is 2.55 bits per heavy atom. The SMILES string of the molecule is O=C(NC1CCCc2ccccc21)/C(=C/c1cccs1)NC(=O)c1ccccc1. The molecule has 0 saturated carbocycles. The van der Waals surface area contributed by atoms with Crippen LogP contribution in [0, 0.1) is 0 Å². The Bertz CT molecular complexity index is 1030. The van der Waals surface area contributed by atoms with Crippen molar-refractivity contribution in [3.05, 3.63) is 99.4 Å². The molecule has 2 amide bonds. The molecule has 146 valence electrons. The zero-order valence-corrected chi connectivity index (χ0v) is 16.7. The van der Waals surface area contributed by atoms with Crippen LogP contribution in [0.15, 0.2) is 77.8 Å². The van der Waals surface area contributed by atoms with E-state index in [1.807, 2.05) is 35.7 Å². The minimum absolute atomic E-state index is 0.0483. The minimum Gasteiger partial charge on any atom is -0.344 e. The first kappa shape index (κ1) is 19.2. The summed E-state index contributed by atoms with van der Waals surface area (Å²) in [5.41, 5.74) is 3.21. The number of hydrogen-bond donors (Lipinski definition) is 2. The number of fused-ring (bicyclic) bond motifs is 1. The zero-order chi connectivity index (χ0) is 20.1. The first-order valence-corrected chi connectivity index (χ1v) is 10.6. The number of hydrogen-bond acceptors (Lipinski definition) is 3. The molecule has 0 aliphatic heterocycles. The molecule has 0 spiro atoms. The van der Waals surface area contributed by atoms with Gasteiger partial charge in [0.15, 0.2) is 0 Å². The summed E-state index contributed by atoms with van der Waals surface area (Å²) in [6, 6.07) is 20.9. The van der Waals surface area contributed by atoms with Gasteiger partial charge in [-0.1, -0.05) is 48.5 Å². The Kier molecular flexibility index (Phi) is 5.86. The van der Waals surface area contributed by atoms with Crippen molar-refractivity contribution in [2.45, 2.75) is 25.3 Å². The fraction of sp³-hybridized carbons (Fsp3) is 0.167. The highest BCUT2D eigenvalue weighted by atomic mass is 32.1. The van der Waals surface area contributed by atoms with Gasteiger partial charge in [-0.05, 0) is 60.0 Å². The quantitative estimate of drug-likeness (QED) is 0.607. The molecule has 0 fully saturated rings. The molecular weight excluding hydrogens is 380 g/mol. The van der Waals surface area contributed by atoms with Crippen LogP contribution in [0.4, 0.5) is 0 Å². The van der Waals surface area contributed by atoms with Crippen LogP contribution in [-0.4, -0.2) is 11.8 Å².